The van der Waals surface area contributed by atoms with E-state index in [2.05, 4.69) is 25.8 Å². The van der Waals surface area contributed by atoms with Crippen LogP contribution in [0.2, 0.25) is 0 Å². The van der Waals surface area contributed by atoms with Gasteiger partial charge in [-0.2, -0.15) is 4.68 Å². The zero-order chi connectivity index (χ0) is 21.8. The Labute approximate surface area is 182 Å². The van der Waals surface area contributed by atoms with Gasteiger partial charge in [-0.05, 0) is 71.8 Å². The minimum atomic E-state index is -0.400. The fraction of sp³-hybridized carbons (Fsp3) is 0.238. The summed E-state index contributed by atoms with van der Waals surface area (Å²) >= 11 is 1.27. The number of ether oxygens (including phenoxy) is 1. The third-order valence-corrected chi connectivity index (χ3v) is 5.87. The largest absolute Gasteiger partial charge is 0.497 e. The summed E-state index contributed by atoms with van der Waals surface area (Å²) in [5.41, 5.74) is 2.60. The molecule has 10 heteroatoms. The molecule has 0 spiro atoms. The third-order valence-electron chi connectivity index (χ3n) is 4.83. The number of hydrogen-bond donors (Lipinski definition) is 2. The molecule has 0 radical (unpaired) electrons. The first-order valence-electron chi connectivity index (χ1n) is 9.68. The molecule has 2 N–H and O–H groups in total. The molecule has 1 unspecified atom stereocenters. The van der Waals surface area contributed by atoms with E-state index in [0.717, 1.165) is 27.9 Å². The van der Waals surface area contributed by atoms with Gasteiger partial charge in [0.1, 0.15) is 11.6 Å². The number of rotatable bonds is 8. The highest BCUT2D eigenvalue weighted by Gasteiger charge is 2.19. The van der Waals surface area contributed by atoms with Crippen LogP contribution in [0.5, 0.6) is 5.75 Å². The molecule has 0 aliphatic carbocycles. The van der Waals surface area contributed by atoms with Crippen molar-refractivity contribution in [2.75, 3.05) is 13.7 Å². The number of aromatic nitrogens is 5. The summed E-state index contributed by atoms with van der Waals surface area (Å²) in [5.74, 6) is 0.328. The second-order valence-electron chi connectivity index (χ2n) is 6.88. The Morgan fingerprint density at radius 3 is 2.87 bits per heavy atom. The number of H-pyrrole nitrogens is 1. The summed E-state index contributed by atoms with van der Waals surface area (Å²) < 4.78 is 20.3. The van der Waals surface area contributed by atoms with Gasteiger partial charge >= 0.3 is 0 Å². The van der Waals surface area contributed by atoms with Gasteiger partial charge in [0.15, 0.2) is 0 Å². The molecule has 4 aromatic rings. The average Bonchev–Trinajstić information content (AvgIpc) is 3.40. The number of amides is 1. The number of aromatic amines is 1. The maximum Gasteiger partial charge on any atom is 0.233 e. The number of carbonyl (C=O) groups excluding carboxylic acids is 1. The van der Waals surface area contributed by atoms with E-state index < -0.39 is 5.25 Å². The van der Waals surface area contributed by atoms with Gasteiger partial charge in [-0.1, -0.05) is 11.8 Å². The molecule has 2 aromatic carbocycles. The molecule has 0 saturated heterocycles. The molecule has 160 valence electrons. The summed E-state index contributed by atoms with van der Waals surface area (Å²) in [6.45, 7) is 2.24. The van der Waals surface area contributed by atoms with Gasteiger partial charge in [0.05, 0.1) is 18.0 Å². The molecule has 0 saturated carbocycles. The Balaban J connectivity index is 1.35. The van der Waals surface area contributed by atoms with Crippen molar-refractivity contribution in [1.82, 2.24) is 30.5 Å². The van der Waals surface area contributed by atoms with Crippen molar-refractivity contribution < 1.29 is 13.9 Å². The molecule has 0 fully saturated rings. The molecule has 31 heavy (non-hydrogen) atoms. The van der Waals surface area contributed by atoms with E-state index in [1.54, 1.807) is 24.8 Å². The van der Waals surface area contributed by atoms with Gasteiger partial charge in [-0.15, -0.1) is 5.10 Å². The molecule has 0 aliphatic rings. The Morgan fingerprint density at radius 1 is 1.29 bits per heavy atom. The highest BCUT2D eigenvalue weighted by molar-refractivity contribution is 8.00. The molecule has 2 aromatic heterocycles. The molecule has 0 aliphatic heterocycles. The van der Waals surface area contributed by atoms with Gasteiger partial charge in [-0.3, -0.25) is 4.79 Å². The predicted octanol–water partition coefficient (Wildman–Crippen LogP) is 3.13. The molecular formula is C21H21FN6O2S. The van der Waals surface area contributed by atoms with E-state index in [1.807, 2.05) is 30.5 Å². The minimum absolute atomic E-state index is 0.125. The van der Waals surface area contributed by atoms with Crippen LogP contribution in [0.3, 0.4) is 0 Å². The van der Waals surface area contributed by atoms with Crippen molar-refractivity contribution in [2.24, 2.45) is 0 Å². The van der Waals surface area contributed by atoms with Crippen LogP contribution in [0.4, 0.5) is 4.39 Å². The van der Waals surface area contributed by atoms with E-state index in [4.69, 9.17) is 4.74 Å². The summed E-state index contributed by atoms with van der Waals surface area (Å²) in [5, 5.41) is 15.6. The minimum Gasteiger partial charge on any atom is -0.497 e. The lowest BCUT2D eigenvalue weighted by molar-refractivity contribution is -0.120. The van der Waals surface area contributed by atoms with E-state index >= 15 is 0 Å². The quantitative estimate of drug-likeness (QED) is 0.409. The molecule has 0 bridgehead atoms. The Bertz CT molecular complexity index is 1190. The summed E-state index contributed by atoms with van der Waals surface area (Å²) in [6, 6.07) is 11.9. The molecule has 4 rings (SSSR count). The second kappa shape index (κ2) is 9.17. The summed E-state index contributed by atoms with van der Waals surface area (Å²) in [7, 11) is 1.60. The lowest BCUT2D eigenvalue weighted by Crippen LogP contribution is -2.32. The van der Waals surface area contributed by atoms with Crippen LogP contribution in [0, 0.1) is 5.82 Å². The monoisotopic (exact) mass is 440 g/mol. The van der Waals surface area contributed by atoms with E-state index in [-0.39, 0.29) is 11.7 Å². The van der Waals surface area contributed by atoms with E-state index in [1.165, 1.54) is 23.9 Å². The van der Waals surface area contributed by atoms with Crippen molar-refractivity contribution in [1.29, 1.82) is 0 Å². The number of methoxy groups -OCH3 is 1. The number of nitrogens with zero attached hydrogens (tertiary/aromatic N) is 4. The van der Waals surface area contributed by atoms with Crippen LogP contribution >= 0.6 is 11.8 Å². The number of halogens is 1. The highest BCUT2D eigenvalue weighted by Crippen LogP contribution is 2.24. The zero-order valence-electron chi connectivity index (χ0n) is 17.0. The van der Waals surface area contributed by atoms with Gasteiger partial charge in [-0.25, -0.2) is 4.39 Å². The third kappa shape index (κ3) is 4.69. The topological polar surface area (TPSA) is 97.7 Å². The number of hydrogen-bond acceptors (Lipinski definition) is 6. The first-order valence-corrected chi connectivity index (χ1v) is 10.6. The predicted molar refractivity (Wildman–Crippen MR) is 116 cm³/mol. The van der Waals surface area contributed by atoms with Crippen molar-refractivity contribution in [2.45, 2.75) is 23.8 Å². The fourth-order valence-electron chi connectivity index (χ4n) is 3.17. The fourth-order valence-corrected chi connectivity index (χ4v) is 4.00. The number of carbonyl (C=O) groups is 1. The standard InChI is InChI=1S/C21H21FN6O2S/c1-13(31-21-25-26-27-28(21)16-4-6-17(30-2)7-5-16)20(29)23-10-9-14-12-24-19-8-3-15(22)11-18(14)19/h3-8,11-13,24H,9-10H2,1-2H3,(H,23,29). The van der Waals surface area contributed by atoms with E-state index in [0.29, 0.717) is 18.1 Å². The van der Waals surface area contributed by atoms with Crippen LogP contribution in [-0.4, -0.2) is 50.0 Å². The van der Waals surface area contributed by atoms with Gasteiger partial charge in [0.2, 0.25) is 11.1 Å². The van der Waals surface area contributed by atoms with Crippen molar-refractivity contribution in [3.63, 3.8) is 0 Å². The lowest BCUT2D eigenvalue weighted by atomic mass is 10.1. The Hall–Kier alpha value is -3.40. The normalized spacial score (nSPS) is 12.1. The lowest BCUT2D eigenvalue weighted by Gasteiger charge is -2.12. The van der Waals surface area contributed by atoms with Gasteiger partial charge in [0.25, 0.3) is 0 Å². The maximum atomic E-state index is 13.5. The molecular weight excluding hydrogens is 419 g/mol. The Kier molecular flexibility index (Phi) is 6.17. The van der Waals surface area contributed by atoms with Gasteiger partial charge in [0, 0.05) is 23.6 Å². The number of benzene rings is 2. The summed E-state index contributed by atoms with van der Waals surface area (Å²) in [4.78, 5) is 15.7. The second-order valence-corrected chi connectivity index (χ2v) is 8.18. The highest BCUT2D eigenvalue weighted by atomic mass is 32.2. The van der Waals surface area contributed by atoms with Crippen LogP contribution in [0.15, 0.2) is 53.8 Å². The summed E-state index contributed by atoms with van der Waals surface area (Å²) in [6.07, 6.45) is 2.44. The van der Waals surface area contributed by atoms with Crippen LogP contribution in [0.1, 0.15) is 12.5 Å². The number of thioether (sulfide) groups is 1. The molecule has 1 atom stereocenters. The van der Waals surface area contributed by atoms with Crippen molar-refractivity contribution >= 4 is 28.6 Å². The van der Waals surface area contributed by atoms with Crippen LogP contribution in [-0.2, 0) is 11.2 Å². The Morgan fingerprint density at radius 2 is 2.10 bits per heavy atom. The molecule has 2 heterocycles. The SMILES string of the molecule is COc1ccc(-n2nnnc2SC(C)C(=O)NCCc2c[nH]c3ccc(F)cc23)cc1. The first-order chi connectivity index (χ1) is 15.0. The number of nitrogens with one attached hydrogen (secondary N) is 2. The van der Waals surface area contributed by atoms with Crippen molar-refractivity contribution in [3.05, 3.63) is 60.0 Å². The molecule has 1 amide bonds. The smallest absolute Gasteiger partial charge is 0.233 e. The van der Waals surface area contributed by atoms with Gasteiger partial charge < -0.3 is 15.0 Å². The van der Waals surface area contributed by atoms with E-state index in [9.17, 15) is 9.18 Å². The molecule has 8 nitrogen and oxygen atoms in total. The number of tetrazole rings is 1. The zero-order valence-corrected chi connectivity index (χ0v) is 17.8. The van der Waals surface area contributed by atoms with Crippen molar-refractivity contribution in [3.8, 4) is 11.4 Å². The average molecular weight is 441 g/mol. The van der Waals surface area contributed by atoms with Crippen LogP contribution < -0.4 is 10.1 Å². The number of fused-ring (bicyclic) bond motifs is 1. The maximum absolute atomic E-state index is 13.5. The first kappa shape index (κ1) is 20.9. The van der Waals surface area contributed by atoms with Crippen LogP contribution in [0.25, 0.3) is 16.6 Å².